The van der Waals surface area contributed by atoms with Gasteiger partial charge < -0.3 is 10.0 Å². The number of carbonyl (C=O) groups excluding carboxylic acids is 1. The lowest BCUT2D eigenvalue weighted by Gasteiger charge is -2.37. The summed E-state index contributed by atoms with van der Waals surface area (Å²) in [4.78, 5) is 24.9. The number of aliphatic carboxylic acids is 1. The second kappa shape index (κ2) is 4.35. The van der Waals surface area contributed by atoms with E-state index in [2.05, 4.69) is 5.32 Å². The molecule has 100 valence electrons. The molecule has 0 radical (unpaired) electrons. The summed E-state index contributed by atoms with van der Waals surface area (Å²) in [7, 11) is 0. The number of carboxylic acid groups (broad SMARTS) is 1. The molecule has 2 N–H and O–H groups in total. The average Bonchev–Trinajstić information content (AvgIpc) is 3.22. The van der Waals surface area contributed by atoms with Gasteiger partial charge in [-0.3, -0.25) is 10.1 Å². The molecule has 1 aromatic rings. The van der Waals surface area contributed by atoms with Gasteiger partial charge in [0.15, 0.2) is 0 Å². The molecule has 3 rings (SSSR count). The second-order valence-electron chi connectivity index (χ2n) is 5.19. The second-order valence-corrected chi connectivity index (χ2v) is 5.19. The molecule has 0 spiro atoms. The van der Waals surface area contributed by atoms with Crippen LogP contribution in [0.3, 0.4) is 0 Å². The van der Waals surface area contributed by atoms with Crippen LogP contribution in [0.5, 0.6) is 0 Å². The van der Waals surface area contributed by atoms with Crippen LogP contribution in [0.4, 0.5) is 0 Å². The topological polar surface area (TPSA) is 69.6 Å². The van der Waals surface area contributed by atoms with Gasteiger partial charge in [-0.15, -0.1) is 0 Å². The Balaban J connectivity index is 1.82. The summed E-state index contributed by atoms with van der Waals surface area (Å²) in [6, 6.07) is 9.83. The maximum atomic E-state index is 12.0. The Hall–Kier alpha value is -1.88. The fourth-order valence-corrected chi connectivity index (χ4v) is 2.69. The molecule has 1 amide bonds. The van der Waals surface area contributed by atoms with Gasteiger partial charge in [-0.05, 0) is 18.4 Å². The fourth-order valence-electron chi connectivity index (χ4n) is 2.69. The van der Waals surface area contributed by atoms with Crippen molar-refractivity contribution >= 4 is 11.9 Å². The van der Waals surface area contributed by atoms with Crippen molar-refractivity contribution in [1.82, 2.24) is 10.2 Å². The predicted octanol–water partition coefficient (Wildman–Crippen LogP) is 0.777. The van der Waals surface area contributed by atoms with Gasteiger partial charge in [-0.2, -0.15) is 0 Å². The van der Waals surface area contributed by atoms with Crippen LogP contribution in [-0.2, 0) is 9.59 Å². The zero-order valence-corrected chi connectivity index (χ0v) is 10.5. The Bertz CT molecular complexity index is 511. The minimum Gasteiger partial charge on any atom is -0.479 e. The van der Waals surface area contributed by atoms with Gasteiger partial charge in [-0.25, -0.2) is 4.79 Å². The normalized spacial score (nSPS) is 25.2. The third-order valence-electron chi connectivity index (χ3n) is 4.01. The first kappa shape index (κ1) is 12.2. The highest BCUT2D eigenvalue weighted by molar-refractivity contribution is 5.90. The van der Waals surface area contributed by atoms with E-state index in [0.29, 0.717) is 19.4 Å². The van der Waals surface area contributed by atoms with Crippen molar-refractivity contribution in [2.45, 2.75) is 24.4 Å². The van der Waals surface area contributed by atoms with E-state index in [4.69, 9.17) is 0 Å². The predicted molar refractivity (Wildman–Crippen MR) is 68.5 cm³/mol. The molecule has 1 saturated heterocycles. The van der Waals surface area contributed by atoms with Gasteiger partial charge in [-0.1, -0.05) is 30.3 Å². The third kappa shape index (κ3) is 2.00. The van der Waals surface area contributed by atoms with Gasteiger partial charge in [0.2, 0.25) is 5.91 Å². The van der Waals surface area contributed by atoms with Crippen molar-refractivity contribution in [3.05, 3.63) is 35.9 Å². The summed E-state index contributed by atoms with van der Waals surface area (Å²) in [5.74, 6) is -0.998. The van der Waals surface area contributed by atoms with Crippen LogP contribution in [0.1, 0.15) is 24.4 Å². The number of amides is 1. The van der Waals surface area contributed by atoms with E-state index < -0.39 is 11.5 Å². The van der Waals surface area contributed by atoms with E-state index >= 15 is 0 Å². The van der Waals surface area contributed by atoms with Crippen molar-refractivity contribution in [1.29, 1.82) is 0 Å². The number of carboxylic acids is 1. The van der Waals surface area contributed by atoms with Crippen molar-refractivity contribution in [3.63, 3.8) is 0 Å². The monoisotopic (exact) mass is 260 g/mol. The Morgan fingerprint density at radius 1 is 1.32 bits per heavy atom. The number of nitrogens with zero attached hydrogens (tertiary/aromatic N) is 1. The first-order valence-electron chi connectivity index (χ1n) is 6.46. The lowest BCUT2D eigenvalue weighted by Crippen LogP contribution is -2.57. The third-order valence-corrected chi connectivity index (χ3v) is 4.01. The molecule has 2 fully saturated rings. The molecular weight excluding hydrogens is 244 g/mol. The molecule has 1 heterocycles. The number of hydrogen-bond acceptors (Lipinski definition) is 3. The highest BCUT2D eigenvalue weighted by atomic mass is 16.4. The van der Waals surface area contributed by atoms with Gasteiger partial charge in [0.25, 0.3) is 0 Å². The van der Waals surface area contributed by atoms with Crippen LogP contribution < -0.4 is 5.32 Å². The number of rotatable bonds is 3. The lowest BCUT2D eigenvalue weighted by atomic mass is 10.0. The minimum absolute atomic E-state index is 0.00993. The Kier molecular flexibility index (Phi) is 2.78. The number of carbonyl (C=O) groups is 2. The highest BCUT2D eigenvalue weighted by Gasteiger charge is 2.57. The van der Waals surface area contributed by atoms with Gasteiger partial charge in [0.05, 0.1) is 12.6 Å². The average molecular weight is 260 g/mol. The quantitative estimate of drug-likeness (QED) is 0.842. The maximum absolute atomic E-state index is 12.0. The van der Waals surface area contributed by atoms with E-state index in [9.17, 15) is 14.7 Å². The van der Waals surface area contributed by atoms with Crippen molar-refractivity contribution in [2.75, 3.05) is 13.1 Å². The summed E-state index contributed by atoms with van der Waals surface area (Å²) in [6.45, 7) is 0.629. The van der Waals surface area contributed by atoms with Crippen LogP contribution in [0.15, 0.2) is 30.3 Å². The van der Waals surface area contributed by atoms with E-state index in [-0.39, 0.29) is 18.5 Å². The van der Waals surface area contributed by atoms with Crippen LogP contribution in [0.25, 0.3) is 0 Å². The Morgan fingerprint density at radius 2 is 2.00 bits per heavy atom. The smallest absolute Gasteiger partial charge is 0.329 e. The molecule has 5 nitrogen and oxygen atoms in total. The molecule has 1 aromatic carbocycles. The standard InChI is InChI=1S/C14H16N2O3/c17-12-8-15-11(10-4-2-1-3-5-10)9-16(12)14(6-7-14)13(18)19/h1-5,11,15H,6-9H2,(H,18,19)/t11-/m0/s1. The maximum Gasteiger partial charge on any atom is 0.329 e. The van der Waals surface area contributed by atoms with Crippen LogP contribution in [0.2, 0.25) is 0 Å². The Labute approximate surface area is 111 Å². The minimum atomic E-state index is -0.938. The lowest BCUT2D eigenvalue weighted by molar-refractivity contribution is -0.153. The first-order valence-corrected chi connectivity index (χ1v) is 6.46. The molecule has 1 aliphatic carbocycles. The number of benzene rings is 1. The Morgan fingerprint density at radius 3 is 2.58 bits per heavy atom. The van der Waals surface area contributed by atoms with Crippen LogP contribution in [0, 0.1) is 0 Å². The zero-order valence-electron chi connectivity index (χ0n) is 10.5. The van der Waals surface area contributed by atoms with E-state index in [0.717, 1.165) is 5.56 Å². The molecular formula is C14H16N2O3. The number of nitrogens with one attached hydrogen (secondary N) is 1. The molecule has 5 heteroatoms. The largest absolute Gasteiger partial charge is 0.479 e. The molecule has 0 unspecified atom stereocenters. The summed E-state index contributed by atoms with van der Waals surface area (Å²) in [6.07, 6.45) is 1.13. The molecule has 2 aliphatic rings. The molecule has 0 bridgehead atoms. The van der Waals surface area contributed by atoms with Crippen LogP contribution in [-0.4, -0.2) is 40.5 Å². The van der Waals surface area contributed by atoms with E-state index in [1.165, 1.54) is 0 Å². The van der Waals surface area contributed by atoms with Crippen molar-refractivity contribution in [3.8, 4) is 0 Å². The van der Waals surface area contributed by atoms with Crippen molar-refractivity contribution in [2.24, 2.45) is 0 Å². The fraction of sp³-hybridized carbons (Fsp3) is 0.429. The number of piperazine rings is 1. The van der Waals surface area contributed by atoms with Gasteiger partial charge >= 0.3 is 5.97 Å². The molecule has 0 aromatic heterocycles. The van der Waals surface area contributed by atoms with E-state index in [1.807, 2.05) is 30.3 Å². The van der Waals surface area contributed by atoms with Crippen LogP contribution >= 0.6 is 0 Å². The number of hydrogen-bond donors (Lipinski definition) is 2. The van der Waals surface area contributed by atoms with E-state index in [1.54, 1.807) is 4.90 Å². The highest BCUT2D eigenvalue weighted by Crippen LogP contribution is 2.43. The molecule has 19 heavy (non-hydrogen) atoms. The van der Waals surface area contributed by atoms with Gasteiger partial charge in [0.1, 0.15) is 5.54 Å². The molecule has 1 saturated carbocycles. The molecule has 1 aliphatic heterocycles. The molecule has 1 atom stereocenters. The summed E-state index contributed by atoms with van der Waals surface area (Å²) in [5, 5.41) is 12.5. The summed E-state index contributed by atoms with van der Waals surface area (Å²) >= 11 is 0. The van der Waals surface area contributed by atoms with Gasteiger partial charge in [0, 0.05) is 6.54 Å². The first-order chi connectivity index (χ1) is 9.13. The summed E-state index contributed by atoms with van der Waals surface area (Å²) in [5.41, 5.74) is 0.146. The summed E-state index contributed by atoms with van der Waals surface area (Å²) < 4.78 is 0. The SMILES string of the molecule is O=C1CN[C@H](c2ccccc2)CN1C1(C(=O)O)CC1. The van der Waals surface area contributed by atoms with Crippen molar-refractivity contribution < 1.29 is 14.7 Å². The zero-order chi connectivity index (χ0) is 13.5.